The van der Waals surface area contributed by atoms with Crippen molar-refractivity contribution in [3.63, 3.8) is 0 Å². The van der Waals surface area contributed by atoms with Crippen molar-refractivity contribution < 1.29 is 9.53 Å². The Balaban J connectivity index is 2.11. The van der Waals surface area contributed by atoms with Gasteiger partial charge in [-0.25, -0.2) is 4.79 Å². The predicted molar refractivity (Wildman–Crippen MR) is 81.8 cm³/mol. The molecule has 0 spiro atoms. The van der Waals surface area contributed by atoms with Crippen LogP contribution in [0.5, 0.6) is 0 Å². The van der Waals surface area contributed by atoms with Gasteiger partial charge in [0.2, 0.25) is 0 Å². The molecule has 0 radical (unpaired) electrons. The fourth-order valence-corrected chi connectivity index (χ4v) is 2.71. The van der Waals surface area contributed by atoms with Gasteiger partial charge in [-0.15, -0.1) is 0 Å². The molecule has 20 heavy (non-hydrogen) atoms. The number of rotatable bonds is 6. The van der Waals surface area contributed by atoms with E-state index in [0.717, 1.165) is 12.1 Å². The van der Waals surface area contributed by atoms with E-state index in [9.17, 15) is 4.79 Å². The van der Waals surface area contributed by atoms with Crippen molar-refractivity contribution in [3.8, 4) is 0 Å². The first-order valence-corrected chi connectivity index (χ1v) is 7.55. The summed E-state index contributed by atoms with van der Waals surface area (Å²) >= 11 is 0. The summed E-state index contributed by atoms with van der Waals surface area (Å²) < 4.78 is 5.27. The van der Waals surface area contributed by atoms with Crippen LogP contribution in [0.2, 0.25) is 0 Å². The van der Waals surface area contributed by atoms with E-state index in [2.05, 4.69) is 24.4 Å². The molecule has 0 saturated heterocycles. The highest BCUT2D eigenvalue weighted by atomic mass is 16.5. The number of hydrogen-bond donors (Lipinski definition) is 1. The van der Waals surface area contributed by atoms with Crippen LogP contribution in [0.25, 0.3) is 0 Å². The van der Waals surface area contributed by atoms with E-state index in [-0.39, 0.29) is 5.97 Å². The van der Waals surface area contributed by atoms with E-state index in [1.807, 2.05) is 26.0 Å². The highest BCUT2D eigenvalue weighted by Crippen LogP contribution is 2.35. The highest BCUT2D eigenvalue weighted by molar-refractivity contribution is 5.84. The molecule has 1 aliphatic rings. The third kappa shape index (κ3) is 3.53. The molecule has 1 atom stereocenters. The Bertz CT molecular complexity index is 451. The second kappa shape index (κ2) is 6.29. The largest absolute Gasteiger partial charge is 0.464 e. The summed E-state index contributed by atoms with van der Waals surface area (Å²) in [6.45, 7) is 6.30. The molecular formula is C17H25NO2. The molecule has 1 aromatic rings. The number of ether oxygens (including phenoxy) is 1. The summed E-state index contributed by atoms with van der Waals surface area (Å²) in [6.07, 6.45) is 4.59. The monoisotopic (exact) mass is 275 g/mol. The quantitative estimate of drug-likeness (QED) is 0.800. The van der Waals surface area contributed by atoms with Crippen LogP contribution in [0.4, 0.5) is 5.69 Å². The molecule has 0 aliphatic heterocycles. The van der Waals surface area contributed by atoms with Gasteiger partial charge in [0.25, 0.3) is 0 Å². The minimum Gasteiger partial charge on any atom is -0.464 e. The van der Waals surface area contributed by atoms with E-state index >= 15 is 0 Å². The lowest BCUT2D eigenvalue weighted by Gasteiger charge is -2.36. The molecular weight excluding hydrogens is 250 g/mol. The molecule has 0 amide bonds. The zero-order valence-electron chi connectivity index (χ0n) is 12.7. The molecule has 1 aromatic carbocycles. The lowest BCUT2D eigenvalue weighted by molar-refractivity contribution is -0.148. The van der Waals surface area contributed by atoms with E-state index < -0.39 is 5.54 Å². The zero-order valence-corrected chi connectivity index (χ0v) is 12.7. The molecule has 1 unspecified atom stereocenters. The van der Waals surface area contributed by atoms with Crippen LogP contribution in [0, 0.1) is 12.8 Å². The number of carbonyl (C=O) groups excluding carboxylic acids is 1. The van der Waals surface area contributed by atoms with Gasteiger partial charge in [0.15, 0.2) is 0 Å². The van der Waals surface area contributed by atoms with Crippen LogP contribution in [-0.2, 0) is 9.53 Å². The van der Waals surface area contributed by atoms with Gasteiger partial charge in [-0.3, -0.25) is 0 Å². The lowest BCUT2D eigenvalue weighted by Crippen LogP contribution is -2.47. The van der Waals surface area contributed by atoms with Crippen molar-refractivity contribution in [1.82, 2.24) is 0 Å². The predicted octanol–water partition coefficient (Wildman–Crippen LogP) is 3.92. The van der Waals surface area contributed by atoms with E-state index in [1.165, 1.54) is 24.8 Å². The number of esters is 1. The van der Waals surface area contributed by atoms with Crippen LogP contribution < -0.4 is 5.32 Å². The van der Waals surface area contributed by atoms with E-state index in [4.69, 9.17) is 4.74 Å². The topological polar surface area (TPSA) is 38.3 Å². The van der Waals surface area contributed by atoms with Crippen LogP contribution in [0.15, 0.2) is 24.3 Å². The van der Waals surface area contributed by atoms with Gasteiger partial charge in [-0.2, -0.15) is 0 Å². The van der Waals surface area contributed by atoms with Gasteiger partial charge in [-0.05, 0) is 45.2 Å². The number of anilines is 1. The third-order valence-electron chi connectivity index (χ3n) is 4.12. The Morgan fingerprint density at radius 1 is 1.35 bits per heavy atom. The molecule has 1 N–H and O–H groups in total. The van der Waals surface area contributed by atoms with Crippen molar-refractivity contribution in [2.45, 2.75) is 52.0 Å². The Labute approximate surface area is 121 Å². The summed E-state index contributed by atoms with van der Waals surface area (Å²) in [5.41, 5.74) is 1.56. The molecule has 0 heterocycles. The lowest BCUT2D eigenvalue weighted by atomic mass is 9.76. The second-order valence-corrected chi connectivity index (χ2v) is 6.04. The molecule has 1 saturated carbocycles. The van der Waals surface area contributed by atoms with Crippen molar-refractivity contribution in [3.05, 3.63) is 29.8 Å². The van der Waals surface area contributed by atoms with Gasteiger partial charge in [-0.1, -0.05) is 37.0 Å². The summed E-state index contributed by atoms with van der Waals surface area (Å²) in [5.74, 6) is 0.495. The molecule has 3 heteroatoms. The summed E-state index contributed by atoms with van der Waals surface area (Å²) in [7, 11) is 0. The molecule has 0 aromatic heterocycles. The SMILES string of the molecule is CCOC(=O)C(C)(CC1CCC1)Nc1ccc(C)cc1. The minimum absolute atomic E-state index is 0.146. The van der Waals surface area contributed by atoms with Crippen LogP contribution in [0.3, 0.4) is 0 Å². The maximum absolute atomic E-state index is 12.3. The fraction of sp³-hybridized carbons (Fsp3) is 0.588. The molecule has 1 fully saturated rings. The molecule has 110 valence electrons. The first kappa shape index (κ1) is 14.9. The normalized spacial score (nSPS) is 17.9. The number of benzene rings is 1. The number of nitrogens with one attached hydrogen (secondary N) is 1. The van der Waals surface area contributed by atoms with Crippen molar-refractivity contribution in [1.29, 1.82) is 0 Å². The average Bonchev–Trinajstić information content (AvgIpc) is 2.37. The number of hydrogen-bond acceptors (Lipinski definition) is 3. The molecule has 0 bridgehead atoms. The van der Waals surface area contributed by atoms with Gasteiger partial charge in [0.05, 0.1) is 6.61 Å². The maximum atomic E-state index is 12.3. The van der Waals surface area contributed by atoms with Gasteiger partial charge in [0, 0.05) is 5.69 Å². The van der Waals surface area contributed by atoms with E-state index in [0.29, 0.717) is 12.5 Å². The highest BCUT2D eigenvalue weighted by Gasteiger charge is 2.38. The van der Waals surface area contributed by atoms with Gasteiger partial charge < -0.3 is 10.1 Å². The number of aryl methyl sites for hydroxylation is 1. The third-order valence-corrected chi connectivity index (χ3v) is 4.12. The summed E-state index contributed by atoms with van der Waals surface area (Å²) in [6, 6.07) is 8.15. The second-order valence-electron chi connectivity index (χ2n) is 6.04. The van der Waals surface area contributed by atoms with Gasteiger partial charge >= 0.3 is 5.97 Å². The Kier molecular flexibility index (Phi) is 4.69. The zero-order chi connectivity index (χ0) is 14.6. The van der Waals surface area contributed by atoms with Crippen LogP contribution >= 0.6 is 0 Å². The first-order chi connectivity index (χ1) is 9.53. The smallest absolute Gasteiger partial charge is 0.331 e. The Morgan fingerprint density at radius 3 is 2.50 bits per heavy atom. The summed E-state index contributed by atoms with van der Waals surface area (Å²) in [5, 5.41) is 3.39. The number of carbonyl (C=O) groups is 1. The van der Waals surface area contributed by atoms with Crippen LogP contribution in [-0.4, -0.2) is 18.1 Å². The standard InChI is InChI=1S/C17H25NO2/c1-4-20-16(19)17(3,12-14-6-5-7-14)18-15-10-8-13(2)9-11-15/h8-11,14,18H,4-7,12H2,1-3H3. The molecule has 2 rings (SSSR count). The van der Waals surface area contributed by atoms with Gasteiger partial charge in [0.1, 0.15) is 5.54 Å². The Hall–Kier alpha value is -1.51. The van der Waals surface area contributed by atoms with E-state index in [1.54, 1.807) is 0 Å². The van der Waals surface area contributed by atoms with Crippen molar-refractivity contribution in [2.24, 2.45) is 5.92 Å². The first-order valence-electron chi connectivity index (χ1n) is 7.55. The average molecular weight is 275 g/mol. The maximum Gasteiger partial charge on any atom is 0.331 e. The van der Waals surface area contributed by atoms with Crippen molar-refractivity contribution in [2.75, 3.05) is 11.9 Å². The Morgan fingerprint density at radius 2 is 2.00 bits per heavy atom. The molecule has 1 aliphatic carbocycles. The molecule has 3 nitrogen and oxygen atoms in total. The minimum atomic E-state index is -0.629. The van der Waals surface area contributed by atoms with Crippen molar-refractivity contribution >= 4 is 11.7 Å². The fourth-order valence-electron chi connectivity index (χ4n) is 2.71. The van der Waals surface area contributed by atoms with Crippen LogP contribution in [0.1, 0.15) is 45.1 Å². The summed E-state index contributed by atoms with van der Waals surface area (Å²) in [4.78, 5) is 12.3.